The van der Waals surface area contributed by atoms with E-state index in [0.717, 1.165) is 35.1 Å². The summed E-state index contributed by atoms with van der Waals surface area (Å²) in [5.41, 5.74) is 4.19. The average molecular weight is 399 g/mol. The van der Waals surface area contributed by atoms with E-state index in [4.69, 9.17) is 10.1 Å². The summed E-state index contributed by atoms with van der Waals surface area (Å²) in [5, 5.41) is 7.98. The molecule has 7 heteroatoms. The fourth-order valence-corrected chi connectivity index (χ4v) is 3.30. The topological polar surface area (TPSA) is 65.8 Å². The van der Waals surface area contributed by atoms with Crippen LogP contribution >= 0.6 is 0 Å². The Labute approximate surface area is 174 Å². The first-order chi connectivity index (χ1) is 13.9. The minimum Gasteiger partial charge on any atom is -0.357 e. The number of likely N-dealkylation sites (N-methyl/N-ethyl adjacent to an activating group) is 2. The molecule has 0 aliphatic heterocycles. The molecule has 0 aliphatic rings. The van der Waals surface area contributed by atoms with E-state index in [9.17, 15) is 4.79 Å². The van der Waals surface area contributed by atoms with Gasteiger partial charge in [-0.15, -0.1) is 0 Å². The predicted octanol–water partition coefficient (Wildman–Crippen LogP) is 2.75. The molecule has 2 aromatic rings. The summed E-state index contributed by atoms with van der Waals surface area (Å²) < 4.78 is 1.96. The third-order valence-electron chi connectivity index (χ3n) is 5.01. The summed E-state index contributed by atoms with van der Waals surface area (Å²) in [4.78, 5) is 21.0. The van der Waals surface area contributed by atoms with Gasteiger partial charge in [-0.25, -0.2) is 9.67 Å². The van der Waals surface area contributed by atoms with E-state index < -0.39 is 0 Å². The van der Waals surface area contributed by atoms with Gasteiger partial charge in [0.05, 0.1) is 24.5 Å². The van der Waals surface area contributed by atoms with E-state index in [2.05, 4.69) is 12.2 Å². The lowest BCUT2D eigenvalue weighted by molar-refractivity contribution is -0.131. The number of carbonyl (C=O) groups is 1. The molecule has 0 saturated carbocycles. The molecular formula is C22H34N6O. The van der Waals surface area contributed by atoms with Crippen molar-refractivity contribution >= 4 is 11.9 Å². The predicted molar refractivity (Wildman–Crippen MR) is 118 cm³/mol. The van der Waals surface area contributed by atoms with E-state index in [1.165, 1.54) is 0 Å². The zero-order valence-corrected chi connectivity index (χ0v) is 18.6. The summed E-state index contributed by atoms with van der Waals surface area (Å²) in [6, 6.07) is 10.1. The largest absolute Gasteiger partial charge is 0.357 e. The van der Waals surface area contributed by atoms with E-state index in [1.807, 2.05) is 79.6 Å². The van der Waals surface area contributed by atoms with Gasteiger partial charge in [-0.2, -0.15) is 5.10 Å². The Morgan fingerprint density at radius 3 is 2.38 bits per heavy atom. The van der Waals surface area contributed by atoms with Gasteiger partial charge in [-0.1, -0.05) is 18.2 Å². The van der Waals surface area contributed by atoms with Gasteiger partial charge in [0.25, 0.3) is 0 Å². The SMILES string of the molecule is CCNC(=NCc1c(C)nn(-c2ccccc2)c1C)N(C)CC(=O)N(CC)CC. The Morgan fingerprint density at radius 1 is 1.14 bits per heavy atom. The zero-order chi connectivity index (χ0) is 21.4. The van der Waals surface area contributed by atoms with Gasteiger partial charge in [-0.3, -0.25) is 4.79 Å². The Bertz CT molecular complexity index is 823. The highest BCUT2D eigenvalue weighted by Gasteiger charge is 2.16. The molecule has 1 N–H and O–H groups in total. The van der Waals surface area contributed by atoms with Gasteiger partial charge in [0, 0.05) is 37.9 Å². The van der Waals surface area contributed by atoms with E-state index >= 15 is 0 Å². The molecule has 0 radical (unpaired) electrons. The maximum absolute atomic E-state index is 12.5. The number of aliphatic imine (C=N–C) groups is 1. The number of benzene rings is 1. The molecule has 1 aromatic heterocycles. The molecule has 0 bridgehead atoms. The van der Waals surface area contributed by atoms with Crippen molar-refractivity contribution in [2.24, 2.45) is 4.99 Å². The molecule has 0 saturated heterocycles. The van der Waals surface area contributed by atoms with Gasteiger partial charge in [0.15, 0.2) is 5.96 Å². The fraction of sp³-hybridized carbons (Fsp3) is 0.500. The number of hydrogen-bond donors (Lipinski definition) is 1. The molecule has 29 heavy (non-hydrogen) atoms. The van der Waals surface area contributed by atoms with E-state index in [1.54, 1.807) is 0 Å². The third kappa shape index (κ3) is 5.59. The molecule has 0 spiro atoms. The molecule has 0 atom stereocenters. The van der Waals surface area contributed by atoms with Gasteiger partial charge in [0.2, 0.25) is 5.91 Å². The molecule has 158 valence electrons. The molecule has 7 nitrogen and oxygen atoms in total. The smallest absolute Gasteiger partial charge is 0.242 e. The van der Waals surface area contributed by atoms with Crippen LogP contribution in [-0.4, -0.2) is 64.7 Å². The second-order valence-corrected chi connectivity index (χ2v) is 6.99. The van der Waals surface area contributed by atoms with Crippen LogP contribution in [-0.2, 0) is 11.3 Å². The maximum Gasteiger partial charge on any atom is 0.242 e. The number of carbonyl (C=O) groups excluding carboxylic acids is 1. The Hall–Kier alpha value is -2.83. The van der Waals surface area contributed by atoms with Gasteiger partial charge < -0.3 is 15.1 Å². The highest BCUT2D eigenvalue weighted by Crippen LogP contribution is 2.18. The molecule has 1 heterocycles. The van der Waals surface area contributed by atoms with Crippen LogP contribution < -0.4 is 5.32 Å². The van der Waals surface area contributed by atoms with Crippen molar-refractivity contribution in [1.29, 1.82) is 0 Å². The number of hydrogen-bond acceptors (Lipinski definition) is 3. The van der Waals surface area contributed by atoms with E-state index in [-0.39, 0.29) is 5.91 Å². The standard InChI is InChI=1S/C22H34N6O/c1-7-23-22(26(6)16-21(29)27(8-2)9-3)24-15-20-17(4)25-28(18(20)5)19-13-11-10-12-14-19/h10-14H,7-9,15-16H2,1-6H3,(H,23,24). The van der Waals surface area contributed by atoms with Crippen molar-refractivity contribution in [1.82, 2.24) is 24.9 Å². The highest BCUT2D eigenvalue weighted by molar-refractivity contribution is 5.86. The van der Waals surface area contributed by atoms with Crippen LogP contribution in [0.3, 0.4) is 0 Å². The first kappa shape index (κ1) is 22.5. The number of nitrogens with zero attached hydrogens (tertiary/aromatic N) is 5. The minimum atomic E-state index is 0.104. The second kappa shape index (κ2) is 10.6. The first-order valence-electron chi connectivity index (χ1n) is 10.3. The summed E-state index contributed by atoms with van der Waals surface area (Å²) in [6.07, 6.45) is 0. The van der Waals surface area contributed by atoms with Gasteiger partial charge in [-0.05, 0) is 46.8 Å². The van der Waals surface area contributed by atoms with Crippen LogP contribution in [0.5, 0.6) is 0 Å². The van der Waals surface area contributed by atoms with Crippen molar-refractivity contribution in [3.8, 4) is 5.69 Å². The number of aromatic nitrogens is 2. The Balaban J connectivity index is 2.20. The third-order valence-corrected chi connectivity index (χ3v) is 5.01. The maximum atomic E-state index is 12.5. The van der Waals surface area contributed by atoms with Crippen LogP contribution in [0.4, 0.5) is 0 Å². The zero-order valence-electron chi connectivity index (χ0n) is 18.6. The molecule has 2 rings (SSSR count). The van der Waals surface area contributed by atoms with Gasteiger partial charge in [0.1, 0.15) is 0 Å². The molecule has 0 aliphatic carbocycles. The van der Waals surface area contributed by atoms with Crippen LogP contribution in [0.15, 0.2) is 35.3 Å². The quantitative estimate of drug-likeness (QED) is 0.549. The summed E-state index contributed by atoms with van der Waals surface area (Å²) >= 11 is 0. The second-order valence-electron chi connectivity index (χ2n) is 6.99. The summed E-state index contributed by atoms with van der Waals surface area (Å²) in [5.74, 6) is 0.826. The van der Waals surface area contributed by atoms with Crippen molar-refractivity contribution in [3.63, 3.8) is 0 Å². The number of para-hydroxylation sites is 1. The van der Waals surface area contributed by atoms with Crippen LogP contribution in [0.1, 0.15) is 37.7 Å². The number of rotatable bonds is 8. The Kier molecular flexibility index (Phi) is 8.24. The number of amides is 1. The number of aryl methyl sites for hydroxylation is 1. The van der Waals surface area contributed by atoms with Crippen molar-refractivity contribution in [2.45, 2.75) is 41.2 Å². The normalized spacial score (nSPS) is 11.4. The minimum absolute atomic E-state index is 0.104. The average Bonchev–Trinajstić information content (AvgIpc) is 3.00. The molecule has 0 unspecified atom stereocenters. The highest BCUT2D eigenvalue weighted by atomic mass is 16.2. The lowest BCUT2D eigenvalue weighted by Crippen LogP contribution is -2.45. The van der Waals surface area contributed by atoms with E-state index in [0.29, 0.717) is 26.2 Å². The van der Waals surface area contributed by atoms with Crippen molar-refractivity contribution in [2.75, 3.05) is 33.2 Å². The Morgan fingerprint density at radius 2 is 1.79 bits per heavy atom. The van der Waals surface area contributed by atoms with Gasteiger partial charge >= 0.3 is 0 Å². The summed E-state index contributed by atoms with van der Waals surface area (Å²) in [7, 11) is 1.90. The number of guanidine groups is 1. The van der Waals surface area contributed by atoms with Crippen molar-refractivity contribution in [3.05, 3.63) is 47.3 Å². The summed E-state index contributed by atoms with van der Waals surface area (Å²) in [6.45, 7) is 13.1. The molecule has 0 fully saturated rings. The molecule has 1 aromatic carbocycles. The lowest BCUT2D eigenvalue weighted by Gasteiger charge is -2.25. The first-order valence-corrected chi connectivity index (χ1v) is 10.3. The molecular weight excluding hydrogens is 364 g/mol. The fourth-order valence-electron chi connectivity index (χ4n) is 3.30. The number of nitrogens with one attached hydrogen (secondary N) is 1. The monoisotopic (exact) mass is 398 g/mol. The van der Waals surface area contributed by atoms with Crippen LogP contribution in [0, 0.1) is 13.8 Å². The van der Waals surface area contributed by atoms with Crippen LogP contribution in [0.25, 0.3) is 5.69 Å². The van der Waals surface area contributed by atoms with Crippen LogP contribution in [0.2, 0.25) is 0 Å². The lowest BCUT2D eigenvalue weighted by atomic mass is 10.2. The van der Waals surface area contributed by atoms with Crippen molar-refractivity contribution < 1.29 is 4.79 Å². The molecule has 1 amide bonds.